The molecule has 1 amide bonds. The van der Waals surface area contributed by atoms with Crippen LogP contribution in [0, 0.1) is 0 Å². The van der Waals surface area contributed by atoms with Crippen molar-refractivity contribution in [1.82, 2.24) is 9.88 Å². The Bertz CT molecular complexity index is 363. The van der Waals surface area contributed by atoms with E-state index in [1.807, 2.05) is 13.1 Å². The van der Waals surface area contributed by atoms with E-state index in [2.05, 4.69) is 20.9 Å². The lowest BCUT2D eigenvalue weighted by molar-refractivity contribution is 0.0778. The topological polar surface area (TPSA) is 33.2 Å². The van der Waals surface area contributed by atoms with Gasteiger partial charge in [0.15, 0.2) is 0 Å². The van der Waals surface area contributed by atoms with Gasteiger partial charge in [-0.2, -0.15) is 0 Å². The molecule has 0 N–H and O–H groups in total. The van der Waals surface area contributed by atoms with E-state index in [-0.39, 0.29) is 5.91 Å². The normalized spacial score (nSPS) is 15.3. The standard InChI is InChI=1S/C10H11BrN2O/c1-13(7-4-5-7)10(14)9-8(11)3-2-6-12-9/h2-3,6-7H,4-5H2,1H3. The number of pyridine rings is 1. The molecule has 1 aromatic heterocycles. The first-order valence-corrected chi connectivity index (χ1v) is 5.37. The molecule has 1 heterocycles. The van der Waals surface area contributed by atoms with Crippen molar-refractivity contribution in [1.29, 1.82) is 0 Å². The summed E-state index contributed by atoms with van der Waals surface area (Å²) < 4.78 is 0.762. The van der Waals surface area contributed by atoms with E-state index >= 15 is 0 Å². The summed E-state index contributed by atoms with van der Waals surface area (Å²) in [6.07, 6.45) is 3.87. The minimum absolute atomic E-state index is 0.0000231. The molecule has 0 spiro atoms. The second-order valence-corrected chi connectivity index (χ2v) is 4.34. The van der Waals surface area contributed by atoms with Crippen LogP contribution >= 0.6 is 15.9 Å². The van der Waals surface area contributed by atoms with E-state index in [0.717, 1.165) is 17.3 Å². The third-order valence-corrected chi connectivity index (χ3v) is 3.02. The highest BCUT2D eigenvalue weighted by Crippen LogP contribution is 2.27. The number of carbonyl (C=O) groups is 1. The average molecular weight is 255 g/mol. The number of halogens is 1. The lowest BCUT2D eigenvalue weighted by atomic mass is 10.3. The molecule has 0 atom stereocenters. The van der Waals surface area contributed by atoms with Gasteiger partial charge in [-0.25, -0.2) is 4.98 Å². The zero-order chi connectivity index (χ0) is 10.1. The van der Waals surface area contributed by atoms with Gasteiger partial charge in [-0.15, -0.1) is 0 Å². The van der Waals surface area contributed by atoms with E-state index in [1.54, 1.807) is 17.2 Å². The number of carbonyl (C=O) groups excluding carboxylic acids is 1. The molecule has 1 aromatic rings. The van der Waals surface area contributed by atoms with E-state index < -0.39 is 0 Å². The predicted molar refractivity (Wildman–Crippen MR) is 57.1 cm³/mol. The van der Waals surface area contributed by atoms with Crippen LogP contribution in [-0.2, 0) is 0 Å². The Morgan fingerprint density at radius 2 is 2.36 bits per heavy atom. The molecule has 0 radical (unpaired) electrons. The second-order valence-electron chi connectivity index (χ2n) is 3.48. The molecule has 0 saturated heterocycles. The summed E-state index contributed by atoms with van der Waals surface area (Å²) >= 11 is 3.32. The maximum absolute atomic E-state index is 11.9. The van der Waals surface area contributed by atoms with Gasteiger partial charge in [-0.1, -0.05) is 0 Å². The van der Waals surface area contributed by atoms with Crippen molar-refractivity contribution in [3.63, 3.8) is 0 Å². The smallest absolute Gasteiger partial charge is 0.273 e. The van der Waals surface area contributed by atoms with E-state index in [9.17, 15) is 4.79 Å². The van der Waals surface area contributed by atoms with Crippen molar-refractivity contribution < 1.29 is 4.79 Å². The monoisotopic (exact) mass is 254 g/mol. The predicted octanol–water partition coefficient (Wildman–Crippen LogP) is 2.08. The Balaban J connectivity index is 2.21. The van der Waals surface area contributed by atoms with Crippen molar-refractivity contribution in [2.45, 2.75) is 18.9 Å². The molecular formula is C10H11BrN2O. The zero-order valence-corrected chi connectivity index (χ0v) is 9.49. The highest BCUT2D eigenvalue weighted by atomic mass is 79.9. The highest BCUT2D eigenvalue weighted by Gasteiger charge is 2.31. The Morgan fingerprint density at radius 3 is 2.93 bits per heavy atom. The fourth-order valence-corrected chi connectivity index (χ4v) is 1.76. The molecule has 1 fully saturated rings. The Kier molecular flexibility index (Phi) is 2.54. The van der Waals surface area contributed by atoms with Crippen molar-refractivity contribution >= 4 is 21.8 Å². The molecule has 1 saturated carbocycles. The highest BCUT2D eigenvalue weighted by molar-refractivity contribution is 9.10. The van der Waals surface area contributed by atoms with E-state index in [0.29, 0.717) is 11.7 Å². The first-order valence-electron chi connectivity index (χ1n) is 4.58. The maximum Gasteiger partial charge on any atom is 0.273 e. The van der Waals surface area contributed by atoms with Crippen LogP contribution in [0.1, 0.15) is 23.3 Å². The van der Waals surface area contributed by atoms with Crippen LogP contribution in [-0.4, -0.2) is 28.9 Å². The van der Waals surface area contributed by atoms with Crippen LogP contribution in [0.15, 0.2) is 22.8 Å². The summed E-state index contributed by atoms with van der Waals surface area (Å²) in [5.74, 6) is -0.0000231. The molecule has 0 bridgehead atoms. The van der Waals surface area contributed by atoms with E-state index in [1.165, 1.54) is 0 Å². The van der Waals surface area contributed by atoms with E-state index in [4.69, 9.17) is 0 Å². The Labute approximate surface area is 91.3 Å². The minimum Gasteiger partial charge on any atom is -0.337 e. The minimum atomic E-state index is -0.0000231. The van der Waals surface area contributed by atoms with Crippen LogP contribution in [0.4, 0.5) is 0 Å². The van der Waals surface area contributed by atoms with Crippen molar-refractivity contribution in [3.05, 3.63) is 28.5 Å². The summed E-state index contributed by atoms with van der Waals surface area (Å²) in [6, 6.07) is 4.07. The molecule has 2 rings (SSSR count). The van der Waals surface area contributed by atoms with Gasteiger partial charge in [0.2, 0.25) is 0 Å². The van der Waals surface area contributed by atoms with Crippen LogP contribution in [0.25, 0.3) is 0 Å². The zero-order valence-electron chi connectivity index (χ0n) is 7.90. The van der Waals surface area contributed by atoms with Crippen LogP contribution in [0.2, 0.25) is 0 Å². The maximum atomic E-state index is 11.9. The molecule has 14 heavy (non-hydrogen) atoms. The Hall–Kier alpha value is -0.900. The second kappa shape index (κ2) is 3.69. The molecule has 1 aliphatic carbocycles. The van der Waals surface area contributed by atoms with Crippen molar-refractivity contribution in [3.8, 4) is 0 Å². The van der Waals surface area contributed by atoms with Gasteiger partial charge in [0.05, 0.1) is 0 Å². The number of hydrogen-bond acceptors (Lipinski definition) is 2. The average Bonchev–Trinajstić information content (AvgIpc) is 3.00. The van der Waals surface area contributed by atoms with Gasteiger partial charge in [0, 0.05) is 23.8 Å². The number of aromatic nitrogens is 1. The molecular weight excluding hydrogens is 244 g/mol. The third-order valence-electron chi connectivity index (χ3n) is 2.38. The summed E-state index contributed by atoms with van der Waals surface area (Å²) in [6.45, 7) is 0. The fourth-order valence-electron chi connectivity index (χ4n) is 1.34. The number of hydrogen-bond donors (Lipinski definition) is 0. The van der Waals surface area contributed by atoms with Crippen LogP contribution < -0.4 is 0 Å². The van der Waals surface area contributed by atoms with Gasteiger partial charge in [-0.3, -0.25) is 4.79 Å². The first-order chi connectivity index (χ1) is 6.70. The van der Waals surface area contributed by atoms with Crippen molar-refractivity contribution in [2.75, 3.05) is 7.05 Å². The number of rotatable bonds is 2. The SMILES string of the molecule is CN(C(=O)c1ncccc1Br)C1CC1. The molecule has 4 heteroatoms. The quantitative estimate of drug-likeness (QED) is 0.810. The van der Waals surface area contributed by atoms with Crippen molar-refractivity contribution in [2.24, 2.45) is 0 Å². The molecule has 0 unspecified atom stereocenters. The summed E-state index contributed by atoms with van der Waals surface area (Å²) in [5, 5.41) is 0. The van der Waals surface area contributed by atoms with Gasteiger partial charge >= 0.3 is 0 Å². The molecule has 74 valence electrons. The van der Waals surface area contributed by atoms with Gasteiger partial charge in [-0.05, 0) is 40.9 Å². The largest absolute Gasteiger partial charge is 0.337 e. The fraction of sp³-hybridized carbons (Fsp3) is 0.400. The molecule has 0 aromatic carbocycles. The lowest BCUT2D eigenvalue weighted by Crippen LogP contribution is -2.29. The third kappa shape index (κ3) is 1.80. The summed E-state index contributed by atoms with van der Waals surface area (Å²) in [7, 11) is 1.83. The van der Waals surface area contributed by atoms with Crippen LogP contribution in [0.5, 0.6) is 0 Å². The number of amides is 1. The summed E-state index contributed by atoms with van der Waals surface area (Å²) in [4.78, 5) is 17.7. The molecule has 3 nitrogen and oxygen atoms in total. The van der Waals surface area contributed by atoms with Gasteiger partial charge in [0.1, 0.15) is 5.69 Å². The molecule has 0 aliphatic heterocycles. The van der Waals surface area contributed by atoms with Crippen LogP contribution in [0.3, 0.4) is 0 Å². The Morgan fingerprint density at radius 1 is 1.64 bits per heavy atom. The molecule has 1 aliphatic rings. The summed E-state index contributed by atoms with van der Waals surface area (Å²) in [5.41, 5.74) is 0.502. The van der Waals surface area contributed by atoms with Gasteiger partial charge < -0.3 is 4.90 Å². The lowest BCUT2D eigenvalue weighted by Gasteiger charge is -2.15. The number of nitrogens with zero attached hydrogens (tertiary/aromatic N) is 2. The first kappa shape index (κ1) is 9.65. The van der Waals surface area contributed by atoms with Gasteiger partial charge in [0.25, 0.3) is 5.91 Å².